The van der Waals surface area contributed by atoms with Gasteiger partial charge in [-0.2, -0.15) is 5.10 Å². The van der Waals surface area contributed by atoms with Gasteiger partial charge in [-0.3, -0.25) is 9.48 Å². The van der Waals surface area contributed by atoms with Gasteiger partial charge in [0.2, 0.25) is 5.91 Å². The molecular weight excluding hydrogens is 276 g/mol. The standard InChI is InChI=1S/C17H22N4O/c1-11-9-21(10-15(19)22)20-17(11)16(12-4-2-5-12)13-6-3-7-14(18)8-13/h3,6-9,12,16H,2,4-5,10,18H2,1H3,(H2,19,22). The van der Waals surface area contributed by atoms with Gasteiger partial charge in [-0.05, 0) is 48.9 Å². The summed E-state index contributed by atoms with van der Waals surface area (Å²) in [5.41, 5.74) is 15.3. The van der Waals surface area contributed by atoms with Crippen molar-refractivity contribution in [3.63, 3.8) is 0 Å². The molecule has 1 fully saturated rings. The number of nitrogen functional groups attached to an aromatic ring is 1. The lowest BCUT2D eigenvalue weighted by atomic mass is 9.71. The van der Waals surface area contributed by atoms with Crippen LogP contribution in [0, 0.1) is 12.8 Å². The third kappa shape index (κ3) is 2.84. The van der Waals surface area contributed by atoms with Crippen LogP contribution in [0.15, 0.2) is 30.5 Å². The van der Waals surface area contributed by atoms with Crippen molar-refractivity contribution < 1.29 is 4.79 Å². The normalized spacial score (nSPS) is 16.2. The lowest BCUT2D eigenvalue weighted by molar-refractivity contribution is -0.118. The average Bonchev–Trinajstić information content (AvgIpc) is 2.73. The van der Waals surface area contributed by atoms with Gasteiger partial charge in [0.25, 0.3) is 0 Å². The Labute approximate surface area is 130 Å². The first-order chi connectivity index (χ1) is 10.5. The van der Waals surface area contributed by atoms with Gasteiger partial charge in [0, 0.05) is 17.8 Å². The zero-order valence-corrected chi connectivity index (χ0v) is 12.8. The summed E-state index contributed by atoms with van der Waals surface area (Å²) in [7, 11) is 0. The second-order valence-electron chi connectivity index (χ2n) is 6.20. The molecule has 0 saturated heterocycles. The van der Waals surface area contributed by atoms with Crippen molar-refractivity contribution in [2.24, 2.45) is 11.7 Å². The van der Waals surface area contributed by atoms with E-state index >= 15 is 0 Å². The van der Waals surface area contributed by atoms with E-state index in [0.29, 0.717) is 5.92 Å². The van der Waals surface area contributed by atoms with Crippen LogP contribution in [0.2, 0.25) is 0 Å². The maximum atomic E-state index is 11.1. The third-order valence-electron chi connectivity index (χ3n) is 4.49. The first kappa shape index (κ1) is 14.6. The average molecular weight is 298 g/mol. The number of hydrogen-bond acceptors (Lipinski definition) is 3. The van der Waals surface area contributed by atoms with Crippen molar-refractivity contribution in [1.82, 2.24) is 9.78 Å². The van der Waals surface area contributed by atoms with Crippen molar-refractivity contribution in [1.29, 1.82) is 0 Å². The molecule has 0 radical (unpaired) electrons. The predicted octanol–water partition coefficient (Wildman–Crippen LogP) is 2.19. The summed E-state index contributed by atoms with van der Waals surface area (Å²) in [5, 5.41) is 4.63. The molecule has 1 unspecified atom stereocenters. The number of primary amides is 1. The van der Waals surface area contributed by atoms with Crippen LogP contribution in [0.1, 0.15) is 42.0 Å². The number of benzene rings is 1. The SMILES string of the molecule is Cc1cn(CC(N)=O)nc1C(c1cccc(N)c1)C1CCC1. The Morgan fingerprint density at radius 2 is 2.23 bits per heavy atom. The van der Waals surface area contributed by atoms with Gasteiger partial charge >= 0.3 is 0 Å². The highest BCUT2D eigenvalue weighted by Gasteiger charge is 2.32. The molecule has 2 aromatic rings. The summed E-state index contributed by atoms with van der Waals surface area (Å²) in [5.74, 6) is 0.460. The Morgan fingerprint density at radius 3 is 2.82 bits per heavy atom. The lowest BCUT2D eigenvalue weighted by Gasteiger charge is -2.33. The van der Waals surface area contributed by atoms with E-state index in [2.05, 4.69) is 11.2 Å². The molecule has 1 amide bonds. The van der Waals surface area contributed by atoms with Crippen LogP contribution in [-0.2, 0) is 11.3 Å². The van der Waals surface area contributed by atoms with E-state index in [4.69, 9.17) is 11.5 Å². The predicted molar refractivity (Wildman–Crippen MR) is 86.2 cm³/mol. The second-order valence-corrected chi connectivity index (χ2v) is 6.20. The third-order valence-corrected chi connectivity index (χ3v) is 4.49. The van der Waals surface area contributed by atoms with Crippen molar-refractivity contribution in [3.8, 4) is 0 Å². The fourth-order valence-electron chi connectivity index (χ4n) is 3.26. The number of amides is 1. The molecule has 0 spiro atoms. The minimum atomic E-state index is -0.377. The van der Waals surface area contributed by atoms with Crippen LogP contribution in [0.25, 0.3) is 0 Å². The number of aromatic nitrogens is 2. The zero-order chi connectivity index (χ0) is 15.7. The lowest BCUT2D eigenvalue weighted by Crippen LogP contribution is -2.23. The number of carbonyl (C=O) groups excluding carboxylic acids is 1. The Hall–Kier alpha value is -2.30. The van der Waals surface area contributed by atoms with E-state index in [1.54, 1.807) is 4.68 Å². The molecule has 5 heteroatoms. The van der Waals surface area contributed by atoms with Crippen LogP contribution >= 0.6 is 0 Å². The van der Waals surface area contributed by atoms with E-state index in [-0.39, 0.29) is 18.4 Å². The molecule has 1 aromatic heterocycles. The molecular formula is C17H22N4O. The highest BCUT2D eigenvalue weighted by atomic mass is 16.1. The molecule has 4 N–H and O–H groups in total. The van der Waals surface area contributed by atoms with Gasteiger partial charge in [0.15, 0.2) is 0 Å². The van der Waals surface area contributed by atoms with Gasteiger partial charge in [-0.25, -0.2) is 0 Å². The maximum absolute atomic E-state index is 11.1. The molecule has 1 heterocycles. The van der Waals surface area contributed by atoms with Crippen LogP contribution in [-0.4, -0.2) is 15.7 Å². The Bertz CT molecular complexity index is 688. The summed E-state index contributed by atoms with van der Waals surface area (Å²) < 4.78 is 1.64. The minimum Gasteiger partial charge on any atom is -0.399 e. The summed E-state index contributed by atoms with van der Waals surface area (Å²) in [6.07, 6.45) is 5.59. The second kappa shape index (κ2) is 5.83. The molecule has 3 rings (SSSR count). The van der Waals surface area contributed by atoms with E-state index in [9.17, 15) is 4.79 Å². The smallest absolute Gasteiger partial charge is 0.239 e. The largest absolute Gasteiger partial charge is 0.399 e. The number of anilines is 1. The number of hydrogen-bond donors (Lipinski definition) is 2. The zero-order valence-electron chi connectivity index (χ0n) is 12.8. The van der Waals surface area contributed by atoms with Crippen molar-refractivity contribution in [2.75, 3.05) is 5.73 Å². The summed E-state index contributed by atoms with van der Waals surface area (Å²) in [4.78, 5) is 11.1. The summed E-state index contributed by atoms with van der Waals surface area (Å²) in [6, 6.07) is 8.05. The van der Waals surface area contributed by atoms with Crippen LogP contribution in [0.3, 0.4) is 0 Å². The van der Waals surface area contributed by atoms with Crippen LogP contribution < -0.4 is 11.5 Å². The number of nitrogens with zero attached hydrogens (tertiary/aromatic N) is 2. The van der Waals surface area contributed by atoms with Gasteiger partial charge < -0.3 is 11.5 Å². The van der Waals surface area contributed by atoms with Crippen molar-refractivity contribution in [2.45, 2.75) is 38.6 Å². The quantitative estimate of drug-likeness (QED) is 0.829. The molecule has 1 saturated carbocycles. The fourth-order valence-corrected chi connectivity index (χ4v) is 3.26. The molecule has 116 valence electrons. The van der Waals surface area contributed by atoms with Gasteiger partial charge in [0.1, 0.15) is 6.54 Å². The van der Waals surface area contributed by atoms with Crippen LogP contribution in [0.4, 0.5) is 5.69 Å². The highest BCUT2D eigenvalue weighted by Crippen LogP contribution is 2.43. The molecule has 1 aromatic carbocycles. The summed E-state index contributed by atoms with van der Waals surface area (Å²) in [6.45, 7) is 2.16. The molecule has 1 atom stereocenters. The first-order valence-corrected chi connectivity index (χ1v) is 7.72. The summed E-state index contributed by atoms with van der Waals surface area (Å²) >= 11 is 0. The highest BCUT2D eigenvalue weighted by molar-refractivity contribution is 5.73. The number of rotatable bonds is 5. The fraction of sp³-hybridized carbons (Fsp3) is 0.412. The first-order valence-electron chi connectivity index (χ1n) is 7.72. The van der Waals surface area contributed by atoms with E-state index in [0.717, 1.165) is 16.9 Å². The molecule has 0 aliphatic heterocycles. The molecule has 0 bridgehead atoms. The molecule has 5 nitrogen and oxygen atoms in total. The Kier molecular flexibility index (Phi) is 3.88. The number of carbonyl (C=O) groups is 1. The van der Waals surface area contributed by atoms with E-state index in [1.165, 1.54) is 24.8 Å². The Balaban J connectivity index is 1.99. The molecule has 22 heavy (non-hydrogen) atoms. The Morgan fingerprint density at radius 1 is 1.45 bits per heavy atom. The molecule has 1 aliphatic rings. The van der Waals surface area contributed by atoms with Gasteiger partial charge in [0.05, 0.1) is 5.69 Å². The number of nitrogens with two attached hydrogens (primary N) is 2. The topological polar surface area (TPSA) is 86.9 Å². The van der Waals surface area contributed by atoms with Gasteiger partial charge in [-0.1, -0.05) is 18.6 Å². The number of aryl methyl sites for hydroxylation is 1. The minimum absolute atomic E-state index is 0.120. The van der Waals surface area contributed by atoms with Gasteiger partial charge in [-0.15, -0.1) is 0 Å². The monoisotopic (exact) mass is 298 g/mol. The van der Waals surface area contributed by atoms with E-state index in [1.807, 2.05) is 31.3 Å². The van der Waals surface area contributed by atoms with Crippen LogP contribution in [0.5, 0.6) is 0 Å². The molecule has 1 aliphatic carbocycles. The van der Waals surface area contributed by atoms with Crippen molar-refractivity contribution in [3.05, 3.63) is 47.3 Å². The van der Waals surface area contributed by atoms with E-state index < -0.39 is 0 Å². The maximum Gasteiger partial charge on any atom is 0.239 e. The van der Waals surface area contributed by atoms with Crippen molar-refractivity contribution >= 4 is 11.6 Å².